The molecule has 0 aromatic heterocycles. The number of thiocarbonyl (C=S) groups is 1. The van der Waals surface area contributed by atoms with Crippen molar-refractivity contribution >= 4 is 50.0 Å². The van der Waals surface area contributed by atoms with Gasteiger partial charge in [0.05, 0.1) is 4.08 Å². The van der Waals surface area contributed by atoms with Crippen molar-refractivity contribution in [2.24, 2.45) is 0 Å². The minimum Gasteiger partial charge on any atom is -0.461 e. The molecule has 1 saturated heterocycles. The van der Waals surface area contributed by atoms with Gasteiger partial charge in [-0.2, -0.15) is 0 Å². The molecule has 1 heterocycles. The van der Waals surface area contributed by atoms with E-state index < -0.39 is 0 Å². The molecule has 1 aliphatic heterocycles. The van der Waals surface area contributed by atoms with E-state index in [1.807, 2.05) is 24.6 Å². The fourth-order valence-electron chi connectivity index (χ4n) is 0.657. The zero-order valence-corrected chi connectivity index (χ0v) is 10.8. The molecule has 0 unspecified atom stereocenters. The normalized spacial score (nSPS) is 27.5. The summed E-state index contributed by atoms with van der Waals surface area (Å²) in [4.78, 5) is -0.192. The van der Waals surface area contributed by atoms with Crippen LogP contribution in [0.1, 0.15) is 27.7 Å². The average molecular weight is 240 g/mol. The fraction of sp³-hybridized carbons (Fsp3) is 0.857. The Hall–Kier alpha value is 0.940. The maximum absolute atomic E-state index is 5.57. The molecule has 0 atom stereocenters. The van der Waals surface area contributed by atoms with Gasteiger partial charge in [0.15, 0.2) is 4.93 Å². The van der Waals surface area contributed by atoms with Crippen molar-refractivity contribution < 1.29 is 4.74 Å². The highest BCUT2D eigenvalue weighted by Gasteiger charge is 2.34. The first kappa shape index (κ1) is 11.0. The maximum Gasteiger partial charge on any atom is 0.222 e. The number of hydrogen-bond donors (Lipinski definition) is 0. The third-order valence-electron chi connectivity index (χ3n) is 1.10. The van der Waals surface area contributed by atoms with E-state index in [4.69, 9.17) is 17.0 Å². The third-order valence-corrected chi connectivity index (χ3v) is 6.67. The molecule has 0 amide bonds. The van der Waals surface area contributed by atoms with Gasteiger partial charge in [0.1, 0.15) is 0 Å². The molecule has 1 fully saturated rings. The van der Waals surface area contributed by atoms with Crippen LogP contribution in [-0.4, -0.2) is 13.4 Å². The summed E-state index contributed by atoms with van der Waals surface area (Å²) in [5, 5.41) is 0. The lowest BCUT2D eigenvalue weighted by atomic mass is 10.5. The van der Waals surface area contributed by atoms with E-state index in [-0.39, 0.29) is 9.01 Å². The minimum absolute atomic E-state index is 0.121. The van der Waals surface area contributed by atoms with Crippen molar-refractivity contribution in [3.63, 3.8) is 0 Å². The fourth-order valence-corrected chi connectivity index (χ4v) is 5.21. The van der Waals surface area contributed by atoms with E-state index in [0.29, 0.717) is 4.38 Å². The molecule has 0 aromatic carbocycles. The Morgan fingerprint density at radius 2 is 1.75 bits per heavy atom. The highest BCUT2D eigenvalue weighted by atomic mass is 33.1. The van der Waals surface area contributed by atoms with Crippen LogP contribution in [0, 0.1) is 0 Å². The van der Waals surface area contributed by atoms with Gasteiger partial charge in [-0.25, -0.2) is 0 Å². The van der Waals surface area contributed by atoms with Crippen LogP contribution in [-0.2, 0) is 4.74 Å². The molecule has 0 radical (unpaired) electrons. The third kappa shape index (κ3) is 3.36. The summed E-state index contributed by atoms with van der Waals surface area (Å²) in [7, 11) is 3.56. The van der Waals surface area contributed by atoms with Gasteiger partial charge >= 0.3 is 0 Å². The van der Waals surface area contributed by atoms with Crippen LogP contribution in [0.2, 0.25) is 0 Å². The molecule has 5 heteroatoms. The second-order valence-electron chi connectivity index (χ2n) is 3.42. The maximum atomic E-state index is 5.57. The summed E-state index contributed by atoms with van der Waals surface area (Å²) in [6.07, 6.45) is 0. The Bertz CT molecular complexity index is 180. The first-order valence-electron chi connectivity index (χ1n) is 3.60. The monoisotopic (exact) mass is 240 g/mol. The van der Waals surface area contributed by atoms with Crippen LogP contribution in [0.4, 0.5) is 0 Å². The SMILES string of the molecule is CC1(C)OC(=S)SC(C)(C)SS1. The van der Waals surface area contributed by atoms with Gasteiger partial charge in [-0.1, -0.05) is 22.6 Å². The minimum atomic E-state index is -0.192. The highest BCUT2D eigenvalue weighted by Crippen LogP contribution is 2.53. The summed E-state index contributed by atoms with van der Waals surface area (Å²) in [6.45, 7) is 8.40. The Kier molecular flexibility index (Phi) is 3.30. The Labute approximate surface area is 91.2 Å². The first-order valence-corrected chi connectivity index (χ1v) is 6.97. The topological polar surface area (TPSA) is 9.23 Å². The molecule has 0 spiro atoms. The summed E-state index contributed by atoms with van der Waals surface area (Å²) in [5.41, 5.74) is 0. The van der Waals surface area contributed by atoms with Gasteiger partial charge in [0.2, 0.25) is 4.38 Å². The van der Waals surface area contributed by atoms with E-state index in [0.717, 1.165) is 0 Å². The van der Waals surface area contributed by atoms with E-state index in [1.165, 1.54) is 0 Å². The molecular weight excluding hydrogens is 228 g/mol. The Morgan fingerprint density at radius 1 is 1.17 bits per heavy atom. The average Bonchev–Trinajstić information content (AvgIpc) is 1.87. The molecule has 0 N–H and O–H groups in total. The standard InChI is InChI=1S/C7H12OS4/c1-6(2)8-5(9)10-7(3,4)12-11-6/h1-4H3. The zero-order chi connectivity index (χ0) is 9.41. The quantitative estimate of drug-likeness (QED) is 0.468. The number of rotatable bonds is 0. The van der Waals surface area contributed by atoms with Gasteiger partial charge in [-0.15, -0.1) is 0 Å². The van der Waals surface area contributed by atoms with Crippen LogP contribution in [0.3, 0.4) is 0 Å². The van der Waals surface area contributed by atoms with Crippen molar-refractivity contribution in [1.82, 2.24) is 0 Å². The molecular formula is C7H12OS4. The number of thioether (sulfide) groups is 1. The van der Waals surface area contributed by atoms with Crippen LogP contribution in [0.15, 0.2) is 0 Å². The van der Waals surface area contributed by atoms with E-state index in [1.54, 1.807) is 22.6 Å². The van der Waals surface area contributed by atoms with Gasteiger partial charge in [-0.3, -0.25) is 0 Å². The lowest BCUT2D eigenvalue weighted by Crippen LogP contribution is -2.19. The van der Waals surface area contributed by atoms with E-state index >= 15 is 0 Å². The van der Waals surface area contributed by atoms with Crippen molar-refractivity contribution in [1.29, 1.82) is 0 Å². The molecule has 70 valence electrons. The Balaban J connectivity index is 2.72. The number of ether oxygens (including phenoxy) is 1. The molecule has 0 bridgehead atoms. The van der Waals surface area contributed by atoms with Gasteiger partial charge in [0, 0.05) is 0 Å². The molecule has 0 saturated carbocycles. The van der Waals surface area contributed by atoms with Crippen molar-refractivity contribution in [2.45, 2.75) is 36.7 Å². The molecule has 1 rings (SSSR count). The van der Waals surface area contributed by atoms with Crippen molar-refractivity contribution in [3.8, 4) is 0 Å². The molecule has 0 aliphatic carbocycles. The molecule has 1 aliphatic rings. The molecule has 1 nitrogen and oxygen atoms in total. The predicted octanol–water partition coefficient (Wildman–Crippen LogP) is 3.89. The van der Waals surface area contributed by atoms with Crippen LogP contribution in [0.25, 0.3) is 0 Å². The van der Waals surface area contributed by atoms with Crippen molar-refractivity contribution in [2.75, 3.05) is 0 Å². The molecule has 12 heavy (non-hydrogen) atoms. The van der Waals surface area contributed by atoms with Gasteiger partial charge < -0.3 is 4.74 Å². The second kappa shape index (κ2) is 3.59. The predicted molar refractivity (Wildman–Crippen MR) is 64.6 cm³/mol. The van der Waals surface area contributed by atoms with Crippen LogP contribution < -0.4 is 0 Å². The molecule has 0 aromatic rings. The van der Waals surface area contributed by atoms with E-state index in [9.17, 15) is 0 Å². The van der Waals surface area contributed by atoms with Crippen LogP contribution in [0.5, 0.6) is 0 Å². The number of hydrogen-bond acceptors (Lipinski definition) is 5. The first-order chi connectivity index (χ1) is 5.31. The summed E-state index contributed by atoms with van der Waals surface area (Å²) >= 11 is 6.72. The van der Waals surface area contributed by atoms with E-state index in [2.05, 4.69) is 13.8 Å². The Morgan fingerprint density at radius 3 is 2.33 bits per heavy atom. The highest BCUT2D eigenvalue weighted by molar-refractivity contribution is 8.79. The summed E-state index contributed by atoms with van der Waals surface area (Å²) < 4.78 is 6.35. The summed E-state index contributed by atoms with van der Waals surface area (Å²) in [6, 6.07) is 0. The lowest BCUT2D eigenvalue weighted by Gasteiger charge is -2.21. The second-order valence-corrected chi connectivity index (χ2v) is 9.24. The smallest absolute Gasteiger partial charge is 0.222 e. The lowest BCUT2D eigenvalue weighted by molar-refractivity contribution is 0.208. The summed E-state index contributed by atoms with van der Waals surface area (Å²) in [5.74, 6) is 0. The van der Waals surface area contributed by atoms with Gasteiger partial charge in [-0.05, 0) is 50.7 Å². The largest absolute Gasteiger partial charge is 0.461 e. The van der Waals surface area contributed by atoms with Gasteiger partial charge in [0.25, 0.3) is 0 Å². The van der Waals surface area contributed by atoms with Crippen LogP contribution >= 0.6 is 45.6 Å². The zero-order valence-electron chi connectivity index (χ0n) is 7.54. The van der Waals surface area contributed by atoms with Crippen molar-refractivity contribution in [3.05, 3.63) is 0 Å².